The van der Waals surface area contributed by atoms with E-state index in [2.05, 4.69) is 15.6 Å². The highest BCUT2D eigenvalue weighted by Gasteiger charge is 2.05. The van der Waals surface area contributed by atoms with E-state index in [4.69, 9.17) is 5.11 Å². The predicted molar refractivity (Wildman–Crippen MR) is 49.3 cm³/mol. The number of rotatable bonds is 5. The van der Waals surface area contributed by atoms with Gasteiger partial charge in [0.1, 0.15) is 0 Å². The van der Waals surface area contributed by atoms with Crippen molar-refractivity contribution < 1.29 is 9.90 Å². The fraction of sp³-hybridized carbons (Fsp3) is 0.625. The topological polar surface area (TPSA) is 80.0 Å². The van der Waals surface area contributed by atoms with E-state index < -0.39 is 0 Å². The fourth-order valence-electron chi connectivity index (χ4n) is 0.961. The summed E-state index contributed by atoms with van der Waals surface area (Å²) in [5.41, 5.74) is 0. The average Bonchev–Trinajstić information content (AvgIpc) is 2.67. The normalized spacial score (nSPS) is 12.4. The lowest BCUT2D eigenvalue weighted by atomic mass is 10.3. The first-order valence-corrected chi connectivity index (χ1v) is 4.46. The van der Waals surface area contributed by atoms with E-state index >= 15 is 0 Å². The minimum Gasteiger partial charge on any atom is -0.394 e. The number of carbonyl (C=O) groups excluding carboxylic acids is 1. The smallest absolute Gasteiger partial charge is 0.222 e. The Balaban J connectivity index is 2.22. The molecular formula is C8H14N4O2. The van der Waals surface area contributed by atoms with Crippen LogP contribution in [0, 0.1) is 0 Å². The summed E-state index contributed by atoms with van der Waals surface area (Å²) >= 11 is 0. The van der Waals surface area contributed by atoms with Crippen LogP contribution in [0.3, 0.4) is 0 Å². The van der Waals surface area contributed by atoms with Gasteiger partial charge in [-0.1, -0.05) is 5.21 Å². The summed E-state index contributed by atoms with van der Waals surface area (Å²) in [7, 11) is 0. The second kappa shape index (κ2) is 5.33. The zero-order valence-electron chi connectivity index (χ0n) is 8.05. The first-order chi connectivity index (χ1) is 6.72. The van der Waals surface area contributed by atoms with Gasteiger partial charge < -0.3 is 10.4 Å². The number of amides is 1. The van der Waals surface area contributed by atoms with Gasteiger partial charge in [-0.2, -0.15) is 0 Å². The molecule has 0 aliphatic rings. The van der Waals surface area contributed by atoms with E-state index in [0.29, 0.717) is 13.0 Å². The van der Waals surface area contributed by atoms with Crippen molar-refractivity contribution in [3.8, 4) is 0 Å². The summed E-state index contributed by atoms with van der Waals surface area (Å²) < 4.78 is 1.59. The van der Waals surface area contributed by atoms with Crippen LogP contribution in [-0.4, -0.2) is 38.7 Å². The summed E-state index contributed by atoms with van der Waals surface area (Å²) in [6.07, 6.45) is 3.60. The maximum atomic E-state index is 11.2. The van der Waals surface area contributed by atoms with Crippen LogP contribution in [0.1, 0.15) is 13.3 Å². The molecule has 1 amide bonds. The highest BCUT2D eigenvalue weighted by molar-refractivity contribution is 5.76. The molecule has 1 atom stereocenters. The third-order valence-corrected chi connectivity index (χ3v) is 1.72. The lowest BCUT2D eigenvalue weighted by Crippen LogP contribution is -2.35. The molecule has 0 aliphatic heterocycles. The van der Waals surface area contributed by atoms with Crippen LogP contribution in [-0.2, 0) is 11.3 Å². The Hall–Kier alpha value is -1.43. The third kappa shape index (κ3) is 3.53. The van der Waals surface area contributed by atoms with Crippen molar-refractivity contribution in [3.05, 3.63) is 12.4 Å². The molecule has 0 spiro atoms. The van der Waals surface area contributed by atoms with Gasteiger partial charge in [0, 0.05) is 18.7 Å². The van der Waals surface area contributed by atoms with Crippen molar-refractivity contribution in [1.29, 1.82) is 0 Å². The predicted octanol–water partition coefficient (Wildman–Crippen LogP) is -0.835. The van der Waals surface area contributed by atoms with E-state index in [0.717, 1.165) is 0 Å². The van der Waals surface area contributed by atoms with Gasteiger partial charge in [0.05, 0.1) is 19.3 Å². The quantitative estimate of drug-likeness (QED) is 0.647. The first kappa shape index (κ1) is 10.6. The molecule has 0 saturated carbocycles. The average molecular weight is 198 g/mol. The Morgan fingerprint density at radius 1 is 1.71 bits per heavy atom. The maximum Gasteiger partial charge on any atom is 0.222 e. The Labute approximate surface area is 81.9 Å². The first-order valence-electron chi connectivity index (χ1n) is 4.46. The van der Waals surface area contributed by atoms with Gasteiger partial charge in [0.25, 0.3) is 0 Å². The maximum absolute atomic E-state index is 11.2. The van der Waals surface area contributed by atoms with E-state index in [1.165, 1.54) is 0 Å². The molecule has 1 aromatic rings. The third-order valence-electron chi connectivity index (χ3n) is 1.72. The van der Waals surface area contributed by atoms with Gasteiger partial charge in [-0.05, 0) is 6.92 Å². The number of aryl methyl sites for hydroxylation is 1. The van der Waals surface area contributed by atoms with E-state index in [1.807, 2.05) is 0 Å². The molecule has 0 bridgehead atoms. The number of hydrogen-bond acceptors (Lipinski definition) is 4. The van der Waals surface area contributed by atoms with Gasteiger partial charge in [-0.25, -0.2) is 0 Å². The Bertz CT molecular complexity index is 273. The summed E-state index contributed by atoms with van der Waals surface area (Å²) in [4.78, 5) is 11.2. The lowest BCUT2D eigenvalue weighted by Gasteiger charge is -2.10. The molecular weight excluding hydrogens is 184 g/mol. The Morgan fingerprint density at radius 2 is 2.50 bits per heavy atom. The van der Waals surface area contributed by atoms with Gasteiger partial charge in [-0.3, -0.25) is 9.48 Å². The monoisotopic (exact) mass is 198 g/mol. The largest absolute Gasteiger partial charge is 0.394 e. The Kier molecular flexibility index (Phi) is 4.06. The van der Waals surface area contributed by atoms with Gasteiger partial charge >= 0.3 is 0 Å². The molecule has 1 aromatic heterocycles. The van der Waals surface area contributed by atoms with Crippen molar-refractivity contribution in [2.24, 2.45) is 0 Å². The molecule has 0 saturated heterocycles. The molecule has 0 radical (unpaired) electrons. The molecule has 6 nitrogen and oxygen atoms in total. The van der Waals surface area contributed by atoms with Crippen LogP contribution in [0.4, 0.5) is 0 Å². The number of aliphatic hydroxyl groups is 1. The fourth-order valence-corrected chi connectivity index (χ4v) is 0.961. The standard InChI is InChI=1S/C8H14N4O2/c1-7(6-13)10-8(14)2-4-12-5-3-9-11-12/h3,5,7,13H,2,4,6H2,1H3,(H,10,14)/t7-/m0/s1. The molecule has 1 rings (SSSR count). The molecule has 78 valence electrons. The minimum absolute atomic E-state index is 0.0466. The molecule has 0 aliphatic carbocycles. The summed E-state index contributed by atoms with van der Waals surface area (Å²) in [5, 5.41) is 18.7. The van der Waals surface area contributed by atoms with Gasteiger partial charge in [0.15, 0.2) is 0 Å². The minimum atomic E-state index is -0.196. The van der Waals surface area contributed by atoms with Crippen molar-refractivity contribution in [2.45, 2.75) is 25.9 Å². The molecule has 2 N–H and O–H groups in total. The highest BCUT2D eigenvalue weighted by Crippen LogP contribution is 1.89. The zero-order chi connectivity index (χ0) is 10.4. The van der Waals surface area contributed by atoms with Crippen LogP contribution in [0.15, 0.2) is 12.4 Å². The Morgan fingerprint density at radius 3 is 3.07 bits per heavy atom. The summed E-state index contributed by atoms with van der Waals surface area (Å²) in [6.45, 7) is 2.20. The molecule has 14 heavy (non-hydrogen) atoms. The number of nitrogens with one attached hydrogen (secondary N) is 1. The number of hydrogen-bond donors (Lipinski definition) is 2. The van der Waals surface area contributed by atoms with Crippen molar-refractivity contribution in [2.75, 3.05) is 6.61 Å². The zero-order valence-corrected chi connectivity index (χ0v) is 8.05. The van der Waals surface area contributed by atoms with Crippen LogP contribution in [0.25, 0.3) is 0 Å². The SMILES string of the molecule is C[C@@H](CO)NC(=O)CCn1ccnn1. The van der Waals surface area contributed by atoms with E-state index in [9.17, 15) is 4.79 Å². The van der Waals surface area contributed by atoms with E-state index in [-0.39, 0.29) is 18.6 Å². The van der Waals surface area contributed by atoms with Crippen molar-refractivity contribution >= 4 is 5.91 Å². The van der Waals surface area contributed by atoms with Gasteiger partial charge in [0.2, 0.25) is 5.91 Å². The summed E-state index contributed by atoms with van der Waals surface area (Å²) in [6, 6.07) is -0.196. The number of aromatic nitrogens is 3. The van der Waals surface area contributed by atoms with Crippen LogP contribution in [0.2, 0.25) is 0 Å². The number of carbonyl (C=O) groups is 1. The number of aliphatic hydroxyl groups excluding tert-OH is 1. The molecule has 0 unspecified atom stereocenters. The van der Waals surface area contributed by atoms with Crippen molar-refractivity contribution in [3.63, 3.8) is 0 Å². The van der Waals surface area contributed by atoms with Crippen LogP contribution < -0.4 is 5.32 Å². The van der Waals surface area contributed by atoms with Crippen LogP contribution >= 0.6 is 0 Å². The van der Waals surface area contributed by atoms with Crippen LogP contribution in [0.5, 0.6) is 0 Å². The van der Waals surface area contributed by atoms with E-state index in [1.54, 1.807) is 24.0 Å². The van der Waals surface area contributed by atoms with Crippen molar-refractivity contribution in [1.82, 2.24) is 20.3 Å². The molecule has 6 heteroatoms. The summed E-state index contributed by atoms with van der Waals surface area (Å²) in [5.74, 6) is -0.0953. The second-order valence-corrected chi connectivity index (χ2v) is 3.07. The number of nitrogens with zero attached hydrogens (tertiary/aromatic N) is 3. The van der Waals surface area contributed by atoms with Gasteiger partial charge in [-0.15, -0.1) is 5.10 Å². The lowest BCUT2D eigenvalue weighted by molar-refractivity contribution is -0.122. The highest BCUT2D eigenvalue weighted by atomic mass is 16.3. The second-order valence-electron chi connectivity index (χ2n) is 3.07. The molecule has 0 aromatic carbocycles. The molecule has 0 fully saturated rings. The molecule has 1 heterocycles.